The third-order valence-electron chi connectivity index (χ3n) is 5.98. The van der Waals surface area contributed by atoms with E-state index in [4.69, 9.17) is 0 Å². The summed E-state index contributed by atoms with van der Waals surface area (Å²) < 4.78 is 1.95. The number of likely N-dealkylation sites (N-methyl/N-ethyl adjacent to an activating group) is 1. The van der Waals surface area contributed by atoms with Gasteiger partial charge >= 0.3 is 0 Å². The Morgan fingerprint density at radius 2 is 1.84 bits per heavy atom. The van der Waals surface area contributed by atoms with Crippen molar-refractivity contribution in [2.75, 3.05) is 51.7 Å². The number of amides is 1. The molecule has 166 valence electrons. The van der Waals surface area contributed by atoms with Gasteiger partial charge in [-0.3, -0.25) is 9.20 Å². The third-order valence-corrected chi connectivity index (χ3v) is 5.98. The molecule has 0 aromatic carbocycles. The minimum atomic E-state index is -0.0416. The molecule has 0 aliphatic carbocycles. The van der Waals surface area contributed by atoms with Crippen molar-refractivity contribution in [3.8, 4) is 0 Å². The number of piperazine rings is 1. The highest BCUT2D eigenvalue weighted by Crippen LogP contribution is 2.33. The molecule has 9 nitrogen and oxygen atoms in total. The molecular formula is C22H32N8O. The first-order valence-electron chi connectivity index (χ1n) is 11.1. The third kappa shape index (κ3) is 3.83. The Bertz CT molecular complexity index is 1080. The summed E-state index contributed by atoms with van der Waals surface area (Å²) in [7, 11) is 2.13. The molecule has 4 rings (SSSR count). The summed E-state index contributed by atoms with van der Waals surface area (Å²) in [5, 5.41) is 12.0. The van der Waals surface area contributed by atoms with Gasteiger partial charge in [0.25, 0.3) is 5.91 Å². The van der Waals surface area contributed by atoms with Gasteiger partial charge in [0.05, 0.1) is 5.69 Å². The van der Waals surface area contributed by atoms with Crippen molar-refractivity contribution in [1.29, 1.82) is 0 Å². The van der Waals surface area contributed by atoms with E-state index in [1.807, 2.05) is 35.3 Å². The summed E-state index contributed by atoms with van der Waals surface area (Å²) >= 11 is 0. The van der Waals surface area contributed by atoms with Crippen molar-refractivity contribution in [1.82, 2.24) is 34.4 Å². The molecule has 0 spiro atoms. The average Bonchev–Trinajstić information content (AvgIpc) is 3.21. The number of hydrogen-bond donors (Lipinski definition) is 1. The molecule has 9 heteroatoms. The molecule has 1 aliphatic heterocycles. The highest BCUT2D eigenvalue weighted by molar-refractivity contribution is 6.11. The van der Waals surface area contributed by atoms with Crippen molar-refractivity contribution in [2.45, 2.75) is 33.6 Å². The number of fused-ring (bicyclic) bond motifs is 3. The molecule has 1 fully saturated rings. The lowest BCUT2D eigenvalue weighted by molar-refractivity contribution is 0.0774. The molecule has 1 aliphatic rings. The largest absolute Gasteiger partial charge is 0.339 e. The fourth-order valence-corrected chi connectivity index (χ4v) is 4.12. The van der Waals surface area contributed by atoms with E-state index < -0.39 is 0 Å². The normalized spacial score (nSPS) is 15.8. The number of rotatable bonds is 6. The molecule has 31 heavy (non-hydrogen) atoms. The first-order chi connectivity index (χ1) is 15.0. The van der Waals surface area contributed by atoms with E-state index in [0.29, 0.717) is 24.3 Å². The number of nitrogens with zero attached hydrogens (tertiary/aromatic N) is 7. The van der Waals surface area contributed by atoms with Crippen molar-refractivity contribution in [2.24, 2.45) is 0 Å². The van der Waals surface area contributed by atoms with E-state index in [-0.39, 0.29) is 11.8 Å². The van der Waals surface area contributed by atoms with Gasteiger partial charge in [-0.2, -0.15) is 0 Å². The van der Waals surface area contributed by atoms with Crippen molar-refractivity contribution in [3.05, 3.63) is 29.7 Å². The molecular weight excluding hydrogens is 392 g/mol. The summed E-state index contributed by atoms with van der Waals surface area (Å²) in [5.41, 5.74) is 6.21. The predicted molar refractivity (Wildman–Crippen MR) is 122 cm³/mol. The van der Waals surface area contributed by atoms with Crippen LogP contribution in [0.15, 0.2) is 18.3 Å². The first-order valence-corrected chi connectivity index (χ1v) is 11.1. The lowest BCUT2D eigenvalue weighted by Crippen LogP contribution is -2.47. The number of carbonyl (C=O) groups excluding carboxylic acids is 1. The van der Waals surface area contributed by atoms with Gasteiger partial charge in [-0.1, -0.05) is 13.8 Å². The smallest absolute Gasteiger partial charge is 0.259 e. The fourth-order valence-electron chi connectivity index (χ4n) is 4.12. The quantitative estimate of drug-likeness (QED) is 0.651. The highest BCUT2D eigenvalue weighted by Gasteiger charge is 2.28. The Morgan fingerprint density at radius 3 is 2.48 bits per heavy atom. The number of hydrazine groups is 1. The van der Waals surface area contributed by atoms with Gasteiger partial charge in [-0.05, 0) is 33.0 Å². The van der Waals surface area contributed by atoms with Crippen LogP contribution in [0.5, 0.6) is 0 Å². The maximum atomic E-state index is 13.7. The van der Waals surface area contributed by atoms with Gasteiger partial charge in [0.15, 0.2) is 5.65 Å². The van der Waals surface area contributed by atoms with Gasteiger partial charge in [0.2, 0.25) is 0 Å². The number of hydrogen-bond acceptors (Lipinski definition) is 7. The number of anilines is 1. The molecule has 3 aromatic rings. The number of nitrogens with one attached hydrogen (secondary N) is 1. The minimum Gasteiger partial charge on any atom is -0.339 e. The lowest BCUT2D eigenvalue weighted by Gasteiger charge is -2.34. The predicted octanol–water partition coefficient (Wildman–Crippen LogP) is 2.46. The van der Waals surface area contributed by atoms with E-state index in [2.05, 4.69) is 51.4 Å². The Balaban J connectivity index is 1.98. The van der Waals surface area contributed by atoms with Crippen LogP contribution < -0.4 is 5.43 Å². The summed E-state index contributed by atoms with van der Waals surface area (Å²) in [5.74, 6) is 0.909. The maximum absolute atomic E-state index is 13.7. The zero-order valence-corrected chi connectivity index (χ0v) is 19.1. The van der Waals surface area contributed by atoms with E-state index in [1.165, 1.54) is 0 Å². The summed E-state index contributed by atoms with van der Waals surface area (Å²) in [4.78, 5) is 22.5. The second kappa shape index (κ2) is 8.76. The molecule has 0 saturated carbocycles. The van der Waals surface area contributed by atoms with Crippen molar-refractivity contribution >= 4 is 28.3 Å². The van der Waals surface area contributed by atoms with Crippen LogP contribution in [0.4, 0.5) is 5.69 Å². The van der Waals surface area contributed by atoms with E-state index in [0.717, 1.165) is 48.7 Å². The van der Waals surface area contributed by atoms with Crippen LogP contribution in [0, 0.1) is 0 Å². The summed E-state index contributed by atoms with van der Waals surface area (Å²) in [6.07, 6.45) is 1.78. The minimum absolute atomic E-state index is 0.0416. The Hall–Kier alpha value is -2.78. The second-order valence-corrected chi connectivity index (χ2v) is 8.38. The Labute approximate surface area is 183 Å². The molecule has 1 N–H and O–H groups in total. The SMILES string of the molecule is CCN(CC)C(=O)c1c(NN2CCN(C)CC2)c2cccnc2n2c(C(C)C)nnc12. The highest BCUT2D eigenvalue weighted by atomic mass is 16.2. The Kier molecular flexibility index (Phi) is 6.06. The van der Waals surface area contributed by atoms with Crippen LogP contribution in [-0.4, -0.2) is 86.6 Å². The van der Waals surface area contributed by atoms with Crippen molar-refractivity contribution in [3.63, 3.8) is 0 Å². The molecule has 1 saturated heterocycles. The second-order valence-electron chi connectivity index (χ2n) is 8.38. The maximum Gasteiger partial charge on any atom is 0.259 e. The lowest BCUT2D eigenvalue weighted by atomic mass is 10.1. The van der Waals surface area contributed by atoms with Gasteiger partial charge in [0.1, 0.15) is 17.0 Å². The van der Waals surface area contributed by atoms with Crippen LogP contribution in [0.1, 0.15) is 49.8 Å². The first kappa shape index (κ1) is 21.5. The van der Waals surface area contributed by atoms with E-state index in [1.54, 1.807) is 6.20 Å². The van der Waals surface area contributed by atoms with E-state index >= 15 is 0 Å². The van der Waals surface area contributed by atoms with E-state index in [9.17, 15) is 4.79 Å². The molecule has 1 amide bonds. The molecule has 0 bridgehead atoms. The molecule has 0 unspecified atom stereocenters. The summed E-state index contributed by atoms with van der Waals surface area (Å²) in [6, 6.07) is 3.93. The topological polar surface area (TPSA) is 81.9 Å². The van der Waals surface area contributed by atoms with Crippen LogP contribution >= 0.6 is 0 Å². The molecule has 4 heterocycles. The zero-order valence-electron chi connectivity index (χ0n) is 19.1. The van der Waals surface area contributed by atoms with Crippen molar-refractivity contribution < 1.29 is 4.79 Å². The van der Waals surface area contributed by atoms with Gasteiger partial charge in [-0.15, -0.1) is 10.2 Å². The monoisotopic (exact) mass is 424 g/mol. The number of carbonyl (C=O) groups is 1. The number of aromatic nitrogens is 4. The van der Waals surface area contributed by atoms with Gasteiger partial charge in [0, 0.05) is 56.8 Å². The molecule has 0 radical (unpaired) electrons. The van der Waals surface area contributed by atoms with Gasteiger partial charge < -0.3 is 15.2 Å². The average molecular weight is 425 g/mol. The zero-order chi connectivity index (χ0) is 22.1. The molecule has 0 atom stereocenters. The van der Waals surface area contributed by atoms with Crippen LogP contribution in [0.25, 0.3) is 16.7 Å². The fraction of sp³-hybridized carbons (Fsp3) is 0.545. The summed E-state index contributed by atoms with van der Waals surface area (Å²) in [6.45, 7) is 13.1. The number of pyridine rings is 2. The molecule has 3 aromatic heterocycles. The van der Waals surface area contributed by atoms with Crippen LogP contribution in [0.3, 0.4) is 0 Å². The van der Waals surface area contributed by atoms with Crippen LogP contribution in [0.2, 0.25) is 0 Å². The van der Waals surface area contributed by atoms with Crippen LogP contribution in [-0.2, 0) is 0 Å². The Morgan fingerprint density at radius 1 is 1.13 bits per heavy atom. The standard InChI is InChI=1S/C22H32N8O/c1-6-28(7-2)22(31)17-18(26-29-13-11-27(5)12-14-29)16-9-8-10-23-20(16)30-19(15(3)4)24-25-21(17)30/h8-10,15,26H,6-7,11-14H2,1-5H3. The van der Waals surface area contributed by atoms with Gasteiger partial charge in [-0.25, -0.2) is 9.99 Å².